The fraction of sp³-hybridized carbons (Fsp3) is 0.688. The summed E-state index contributed by atoms with van der Waals surface area (Å²) in [5, 5.41) is 0. The highest BCUT2D eigenvalue weighted by Crippen LogP contribution is 2.41. The molecule has 0 atom stereocenters. The summed E-state index contributed by atoms with van der Waals surface area (Å²) in [4.78, 5) is 25.7. The highest BCUT2D eigenvalue weighted by Gasteiger charge is 2.35. The third-order valence-electron chi connectivity index (χ3n) is 7.35. The van der Waals surface area contributed by atoms with Crippen molar-refractivity contribution in [3.05, 3.63) is 40.6 Å². The average Bonchev–Trinajstić information content (AvgIpc) is 2.78. The highest BCUT2D eigenvalue weighted by molar-refractivity contribution is 6.22. The Morgan fingerprint density at radius 2 is 1.34 bits per heavy atom. The molecule has 2 rings (SSSR count). The third kappa shape index (κ3) is 10.7. The summed E-state index contributed by atoms with van der Waals surface area (Å²) < 4.78 is 5.86. The lowest BCUT2D eigenvalue weighted by molar-refractivity contribution is -0.140. The Balaban J connectivity index is 1.74. The number of esters is 1. The second-order valence-electron chi connectivity index (χ2n) is 11.5. The molecule has 1 aliphatic rings. The molecule has 0 radical (unpaired) electrons. The van der Waals surface area contributed by atoms with Gasteiger partial charge in [-0.3, -0.25) is 9.59 Å². The Morgan fingerprint density at radius 1 is 0.800 bits per heavy atom. The number of carbonyl (C=O) groups is 2. The molecule has 1 aliphatic carbocycles. The molecule has 0 aromatic heterocycles. The van der Waals surface area contributed by atoms with Gasteiger partial charge in [-0.2, -0.15) is 0 Å². The van der Waals surface area contributed by atoms with Crippen molar-refractivity contribution in [2.75, 3.05) is 0 Å². The van der Waals surface area contributed by atoms with Gasteiger partial charge in [-0.15, -0.1) is 0 Å². The molecule has 1 aromatic carbocycles. The maximum atomic E-state index is 13.0. The first-order chi connectivity index (χ1) is 16.7. The normalized spacial score (nSPS) is 15.5. The molecule has 0 N–H and O–H groups in total. The summed E-state index contributed by atoms with van der Waals surface area (Å²) >= 11 is 0. The van der Waals surface area contributed by atoms with Gasteiger partial charge in [-0.05, 0) is 42.4 Å². The summed E-state index contributed by atoms with van der Waals surface area (Å²) in [5.74, 6) is 0.442. The van der Waals surface area contributed by atoms with Crippen LogP contribution in [0.2, 0.25) is 0 Å². The van der Waals surface area contributed by atoms with Gasteiger partial charge in [0.25, 0.3) is 0 Å². The van der Waals surface area contributed by atoms with Crippen LogP contribution in [-0.2, 0) is 14.3 Å². The van der Waals surface area contributed by atoms with Gasteiger partial charge in [-0.1, -0.05) is 116 Å². The summed E-state index contributed by atoms with van der Waals surface area (Å²) in [6.45, 7) is 10.5. The molecular weight excluding hydrogens is 432 g/mol. The van der Waals surface area contributed by atoms with E-state index in [2.05, 4.69) is 34.6 Å². The minimum atomic E-state index is -0.199. The van der Waals surface area contributed by atoms with Gasteiger partial charge in [0.05, 0.1) is 5.57 Å². The molecule has 0 aliphatic heterocycles. The molecule has 0 bridgehead atoms. The highest BCUT2D eigenvalue weighted by atomic mass is 16.5. The first-order valence-electron chi connectivity index (χ1n) is 14.3. The fourth-order valence-corrected chi connectivity index (χ4v) is 5.05. The molecular formula is C32H50O3. The van der Waals surface area contributed by atoms with E-state index in [1.54, 1.807) is 0 Å². The number of hydrogen-bond donors (Lipinski definition) is 0. The van der Waals surface area contributed by atoms with E-state index in [1.165, 1.54) is 76.2 Å². The van der Waals surface area contributed by atoms with E-state index in [-0.39, 0.29) is 17.2 Å². The Kier molecular flexibility index (Phi) is 12.8. The van der Waals surface area contributed by atoms with E-state index < -0.39 is 0 Å². The van der Waals surface area contributed by atoms with E-state index in [1.807, 2.05) is 18.2 Å². The molecule has 35 heavy (non-hydrogen) atoms. The van der Waals surface area contributed by atoms with Crippen LogP contribution in [0.3, 0.4) is 0 Å². The number of aryl methyl sites for hydroxylation is 2. The first-order valence-corrected chi connectivity index (χ1v) is 14.3. The van der Waals surface area contributed by atoms with Crippen molar-refractivity contribution in [3.8, 4) is 0 Å². The number of Topliss-reactive ketones (excluding diaryl/α,β-unsaturated/α-hetero) is 1. The zero-order valence-corrected chi connectivity index (χ0v) is 23.3. The Hall–Kier alpha value is -1.90. The quantitative estimate of drug-likeness (QED) is 0.174. The fourth-order valence-electron chi connectivity index (χ4n) is 5.05. The number of hydrogen-bond acceptors (Lipinski definition) is 3. The summed E-state index contributed by atoms with van der Waals surface area (Å²) in [7, 11) is 0. The molecule has 0 fully saturated rings. The van der Waals surface area contributed by atoms with E-state index in [0.717, 1.165) is 24.0 Å². The van der Waals surface area contributed by atoms with Crippen molar-refractivity contribution in [2.24, 2.45) is 5.41 Å². The monoisotopic (exact) mass is 482 g/mol. The van der Waals surface area contributed by atoms with E-state index >= 15 is 0 Å². The smallest absolute Gasteiger partial charge is 0.310 e. The Bertz CT molecular complexity index is 846. The number of ketones is 1. The topological polar surface area (TPSA) is 43.4 Å². The van der Waals surface area contributed by atoms with Crippen LogP contribution in [0, 0.1) is 19.3 Å². The third-order valence-corrected chi connectivity index (χ3v) is 7.35. The molecule has 0 spiro atoms. The lowest BCUT2D eigenvalue weighted by Crippen LogP contribution is -2.27. The number of benzene rings is 1. The van der Waals surface area contributed by atoms with Crippen LogP contribution in [0.4, 0.5) is 0 Å². The molecule has 0 unspecified atom stereocenters. The molecule has 0 saturated heterocycles. The van der Waals surface area contributed by atoms with Crippen molar-refractivity contribution in [1.29, 1.82) is 0 Å². The van der Waals surface area contributed by atoms with Gasteiger partial charge < -0.3 is 4.74 Å². The van der Waals surface area contributed by atoms with Crippen LogP contribution in [0.5, 0.6) is 0 Å². The predicted octanol–water partition coefficient (Wildman–Crippen LogP) is 9.43. The average molecular weight is 483 g/mol. The van der Waals surface area contributed by atoms with Gasteiger partial charge in [0.15, 0.2) is 5.78 Å². The van der Waals surface area contributed by atoms with Crippen LogP contribution < -0.4 is 0 Å². The van der Waals surface area contributed by atoms with Crippen molar-refractivity contribution in [2.45, 2.75) is 137 Å². The molecule has 3 heteroatoms. The first kappa shape index (κ1) is 29.3. The van der Waals surface area contributed by atoms with E-state index in [9.17, 15) is 9.59 Å². The standard InChI is InChI=1S/C32H50O3/c1-6-7-8-9-10-11-12-13-14-15-16-17-18-19-30(34)35-29-24-32(4,5)23-28(33)31(29)27-21-20-25(2)26(3)22-27/h20-22H,6-19,23-24H2,1-5H3. The largest absolute Gasteiger partial charge is 0.430 e. The number of rotatable bonds is 16. The molecule has 0 saturated carbocycles. The Labute approximate surface area is 215 Å². The van der Waals surface area contributed by atoms with Gasteiger partial charge in [0.1, 0.15) is 5.76 Å². The zero-order valence-electron chi connectivity index (χ0n) is 23.3. The van der Waals surface area contributed by atoms with Crippen molar-refractivity contribution < 1.29 is 14.3 Å². The summed E-state index contributed by atoms with van der Waals surface area (Å²) in [5.41, 5.74) is 3.62. The minimum Gasteiger partial charge on any atom is -0.430 e. The van der Waals surface area contributed by atoms with Gasteiger partial charge in [-0.25, -0.2) is 0 Å². The second kappa shape index (κ2) is 15.3. The van der Waals surface area contributed by atoms with Crippen molar-refractivity contribution in [3.63, 3.8) is 0 Å². The zero-order chi connectivity index (χ0) is 25.7. The van der Waals surface area contributed by atoms with Crippen LogP contribution in [-0.4, -0.2) is 11.8 Å². The van der Waals surface area contributed by atoms with Crippen LogP contribution >= 0.6 is 0 Å². The lowest BCUT2D eigenvalue weighted by Gasteiger charge is -2.31. The summed E-state index contributed by atoms with van der Waals surface area (Å²) in [6.07, 6.45) is 18.2. The van der Waals surface area contributed by atoms with Crippen LogP contribution in [0.1, 0.15) is 140 Å². The number of unbranched alkanes of at least 4 members (excludes halogenated alkanes) is 12. The molecule has 1 aromatic rings. The predicted molar refractivity (Wildman–Crippen MR) is 147 cm³/mol. The van der Waals surface area contributed by atoms with Gasteiger partial charge in [0.2, 0.25) is 0 Å². The number of ether oxygens (including phenoxy) is 1. The number of allylic oxidation sites excluding steroid dienone is 2. The molecule has 196 valence electrons. The van der Waals surface area contributed by atoms with Gasteiger partial charge >= 0.3 is 5.97 Å². The maximum Gasteiger partial charge on any atom is 0.310 e. The summed E-state index contributed by atoms with van der Waals surface area (Å²) in [6, 6.07) is 6.06. The maximum absolute atomic E-state index is 13.0. The van der Waals surface area contributed by atoms with Crippen LogP contribution in [0.15, 0.2) is 24.0 Å². The second-order valence-corrected chi connectivity index (χ2v) is 11.5. The lowest BCUT2D eigenvalue weighted by atomic mass is 9.75. The SMILES string of the molecule is CCCCCCCCCCCCCCCC(=O)OC1=C(c2ccc(C)c(C)c2)C(=O)CC(C)(C)C1. The van der Waals surface area contributed by atoms with Crippen LogP contribution in [0.25, 0.3) is 5.57 Å². The van der Waals surface area contributed by atoms with Gasteiger partial charge in [0, 0.05) is 19.3 Å². The van der Waals surface area contributed by atoms with E-state index in [4.69, 9.17) is 4.74 Å². The molecule has 0 heterocycles. The minimum absolute atomic E-state index is 0.0771. The van der Waals surface area contributed by atoms with Crippen molar-refractivity contribution in [1.82, 2.24) is 0 Å². The van der Waals surface area contributed by atoms with E-state index in [0.29, 0.717) is 30.6 Å². The number of carbonyl (C=O) groups excluding carboxylic acids is 2. The molecule has 3 nitrogen and oxygen atoms in total. The Morgan fingerprint density at radius 3 is 1.89 bits per heavy atom. The van der Waals surface area contributed by atoms with Crippen molar-refractivity contribution >= 4 is 17.3 Å². The molecule has 0 amide bonds.